The van der Waals surface area contributed by atoms with Gasteiger partial charge in [-0.25, -0.2) is 0 Å². The second-order valence-electron chi connectivity index (χ2n) is 6.62. The number of methoxy groups -OCH3 is 1. The van der Waals surface area contributed by atoms with Gasteiger partial charge in [0.05, 0.1) is 12.9 Å². The molecule has 8 heteroatoms. The molecule has 1 aromatic heterocycles. The molecule has 0 aliphatic rings. The zero-order chi connectivity index (χ0) is 21.7. The quantitative estimate of drug-likeness (QED) is 0.347. The van der Waals surface area contributed by atoms with Crippen molar-refractivity contribution in [3.63, 3.8) is 0 Å². The number of nitrogens with zero attached hydrogens (tertiary/aromatic N) is 3. The summed E-state index contributed by atoms with van der Waals surface area (Å²) in [7, 11) is 1.63. The summed E-state index contributed by atoms with van der Waals surface area (Å²) in [6.45, 7) is 8.38. The molecular weight excluding hydrogens is 464 g/mol. The van der Waals surface area contributed by atoms with Gasteiger partial charge in [-0.05, 0) is 61.4 Å². The van der Waals surface area contributed by atoms with Crippen LogP contribution in [-0.2, 0) is 11.3 Å². The molecule has 0 atom stereocenters. The van der Waals surface area contributed by atoms with E-state index in [1.54, 1.807) is 13.2 Å². The number of thioether (sulfide) groups is 1. The highest BCUT2D eigenvalue weighted by atomic mass is 79.9. The van der Waals surface area contributed by atoms with Crippen LogP contribution >= 0.6 is 27.7 Å². The highest BCUT2D eigenvalue weighted by Crippen LogP contribution is 2.28. The van der Waals surface area contributed by atoms with Crippen molar-refractivity contribution in [2.75, 3.05) is 18.2 Å². The lowest BCUT2D eigenvalue weighted by molar-refractivity contribution is -0.113. The number of hydrogen-bond acceptors (Lipinski definition) is 5. The number of amides is 1. The van der Waals surface area contributed by atoms with E-state index in [1.165, 1.54) is 11.8 Å². The summed E-state index contributed by atoms with van der Waals surface area (Å²) in [6, 6.07) is 11.5. The molecule has 6 nitrogen and oxygen atoms in total. The number of halogens is 1. The first-order valence-corrected chi connectivity index (χ1v) is 11.1. The van der Waals surface area contributed by atoms with Crippen LogP contribution in [0, 0.1) is 13.8 Å². The minimum atomic E-state index is -0.0935. The Morgan fingerprint density at radius 3 is 2.60 bits per heavy atom. The molecule has 1 heterocycles. The van der Waals surface area contributed by atoms with Gasteiger partial charge in [0.2, 0.25) is 5.91 Å². The fourth-order valence-electron chi connectivity index (χ4n) is 2.88. The third-order valence-electron chi connectivity index (χ3n) is 4.70. The molecule has 0 spiro atoms. The lowest BCUT2D eigenvalue weighted by Crippen LogP contribution is -2.15. The second-order valence-corrected chi connectivity index (χ2v) is 8.41. The summed E-state index contributed by atoms with van der Waals surface area (Å²) >= 11 is 4.86. The first-order chi connectivity index (χ1) is 14.4. The van der Waals surface area contributed by atoms with Crippen LogP contribution in [-0.4, -0.2) is 33.5 Å². The molecule has 0 aliphatic carbocycles. The Morgan fingerprint density at radius 2 is 1.93 bits per heavy atom. The Kier molecular flexibility index (Phi) is 7.33. The van der Waals surface area contributed by atoms with E-state index < -0.39 is 0 Å². The summed E-state index contributed by atoms with van der Waals surface area (Å²) in [5.41, 5.74) is 3.88. The van der Waals surface area contributed by atoms with Crippen molar-refractivity contribution in [3.05, 3.63) is 64.7 Å². The SMILES string of the molecule is C=CCn1c(SCC(=O)Nc2ccc(Br)c(C)c2C)nnc1-c1ccc(OC)cc1. The van der Waals surface area contributed by atoms with Crippen LogP contribution in [0.3, 0.4) is 0 Å². The van der Waals surface area contributed by atoms with Gasteiger partial charge in [0.15, 0.2) is 11.0 Å². The average molecular weight is 487 g/mol. The maximum atomic E-state index is 12.5. The van der Waals surface area contributed by atoms with Crippen LogP contribution in [0.4, 0.5) is 5.69 Å². The summed E-state index contributed by atoms with van der Waals surface area (Å²) in [5, 5.41) is 12.3. The number of ether oxygens (including phenoxy) is 1. The number of nitrogens with one attached hydrogen (secondary N) is 1. The number of rotatable bonds is 8. The molecule has 0 aliphatic heterocycles. The van der Waals surface area contributed by atoms with Crippen LogP contribution < -0.4 is 10.1 Å². The van der Waals surface area contributed by atoms with Gasteiger partial charge < -0.3 is 10.1 Å². The van der Waals surface area contributed by atoms with Gasteiger partial charge in [-0.1, -0.05) is 33.8 Å². The van der Waals surface area contributed by atoms with Crippen molar-refractivity contribution < 1.29 is 9.53 Å². The predicted molar refractivity (Wildman–Crippen MR) is 125 cm³/mol. The molecule has 3 rings (SSSR count). The smallest absolute Gasteiger partial charge is 0.234 e. The van der Waals surface area contributed by atoms with Crippen molar-refractivity contribution in [1.29, 1.82) is 0 Å². The van der Waals surface area contributed by atoms with Crippen LogP contribution in [0.25, 0.3) is 11.4 Å². The number of allylic oxidation sites excluding steroid dienone is 1. The number of benzene rings is 2. The predicted octanol–water partition coefficient (Wildman–Crippen LogP) is 5.25. The fraction of sp³-hybridized carbons (Fsp3) is 0.227. The molecule has 3 aromatic rings. The Bertz CT molecular complexity index is 1060. The van der Waals surface area contributed by atoms with Gasteiger partial charge in [0, 0.05) is 22.3 Å². The third-order valence-corrected chi connectivity index (χ3v) is 6.53. The molecule has 30 heavy (non-hydrogen) atoms. The summed E-state index contributed by atoms with van der Waals surface area (Å²) < 4.78 is 8.18. The molecule has 0 unspecified atom stereocenters. The lowest BCUT2D eigenvalue weighted by Gasteiger charge is -2.12. The first-order valence-electron chi connectivity index (χ1n) is 9.31. The highest BCUT2D eigenvalue weighted by molar-refractivity contribution is 9.10. The summed E-state index contributed by atoms with van der Waals surface area (Å²) in [5.74, 6) is 1.63. The number of carbonyl (C=O) groups is 1. The standard InChI is InChI=1S/C22H23BrN4O2S/c1-5-12-27-21(16-6-8-17(29-4)9-7-16)25-26-22(27)30-13-20(28)24-19-11-10-18(23)14(2)15(19)3/h5-11H,1,12-13H2,2-4H3,(H,24,28). The molecule has 0 bridgehead atoms. The van der Waals surface area contributed by atoms with Gasteiger partial charge in [0.1, 0.15) is 5.75 Å². The summed E-state index contributed by atoms with van der Waals surface area (Å²) in [6.07, 6.45) is 1.79. The Morgan fingerprint density at radius 1 is 1.20 bits per heavy atom. The van der Waals surface area contributed by atoms with Crippen molar-refractivity contribution in [2.45, 2.75) is 25.5 Å². The van der Waals surface area contributed by atoms with E-state index in [4.69, 9.17) is 4.74 Å². The van der Waals surface area contributed by atoms with Gasteiger partial charge in [-0.3, -0.25) is 9.36 Å². The zero-order valence-electron chi connectivity index (χ0n) is 17.1. The molecule has 1 amide bonds. The second kappa shape index (κ2) is 9.95. The van der Waals surface area contributed by atoms with E-state index in [-0.39, 0.29) is 11.7 Å². The molecule has 156 valence electrons. The monoisotopic (exact) mass is 486 g/mol. The van der Waals surface area contributed by atoms with Crippen LogP contribution in [0.15, 0.2) is 58.7 Å². The molecule has 0 radical (unpaired) electrons. The van der Waals surface area contributed by atoms with Crippen molar-refractivity contribution >= 4 is 39.3 Å². The number of anilines is 1. The van der Waals surface area contributed by atoms with E-state index in [2.05, 4.69) is 38.0 Å². The molecule has 0 saturated heterocycles. The Hall–Kier alpha value is -2.58. The first kappa shape index (κ1) is 22.1. The molecule has 2 aromatic carbocycles. The Labute approximate surface area is 188 Å². The van der Waals surface area contributed by atoms with Crippen LogP contribution in [0.1, 0.15) is 11.1 Å². The van der Waals surface area contributed by atoms with E-state index in [9.17, 15) is 4.79 Å². The van der Waals surface area contributed by atoms with Gasteiger partial charge >= 0.3 is 0 Å². The number of hydrogen-bond donors (Lipinski definition) is 1. The van der Waals surface area contributed by atoms with E-state index in [0.717, 1.165) is 38.4 Å². The fourth-order valence-corrected chi connectivity index (χ4v) is 4.06. The van der Waals surface area contributed by atoms with E-state index in [1.807, 2.05) is 54.8 Å². The van der Waals surface area contributed by atoms with Gasteiger partial charge in [-0.2, -0.15) is 0 Å². The van der Waals surface area contributed by atoms with Crippen LogP contribution in [0.5, 0.6) is 5.75 Å². The molecular formula is C22H23BrN4O2S. The van der Waals surface area contributed by atoms with Crippen molar-refractivity contribution in [3.8, 4) is 17.1 Å². The maximum absolute atomic E-state index is 12.5. The van der Waals surface area contributed by atoms with Crippen LogP contribution in [0.2, 0.25) is 0 Å². The van der Waals surface area contributed by atoms with Gasteiger partial charge in [0.25, 0.3) is 0 Å². The maximum Gasteiger partial charge on any atom is 0.234 e. The molecule has 1 N–H and O–H groups in total. The zero-order valence-corrected chi connectivity index (χ0v) is 19.5. The van der Waals surface area contributed by atoms with Gasteiger partial charge in [-0.15, -0.1) is 16.8 Å². The van der Waals surface area contributed by atoms with Crippen molar-refractivity contribution in [2.24, 2.45) is 0 Å². The number of aromatic nitrogens is 3. The lowest BCUT2D eigenvalue weighted by atomic mass is 10.1. The third kappa shape index (κ3) is 4.94. The normalized spacial score (nSPS) is 10.7. The van der Waals surface area contributed by atoms with E-state index in [0.29, 0.717) is 11.7 Å². The largest absolute Gasteiger partial charge is 0.497 e. The number of carbonyl (C=O) groups excluding carboxylic acids is 1. The molecule has 0 fully saturated rings. The molecule has 0 saturated carbocycles. The summed E-state index contributed by atoms with van der Waals surface area (Å²) in [4.78, 5) is 12.5. The van der Waals surface area contributed by atoms with E-state index >= 15 is 0 Å². The van der Waals surface area contributed by atoms with Crippen molar-refractivity contribution in [1.82, 2.24) is 14.8 Å². The topological polar surface area (TPSA) is 69.0 Å². The minimum absolute atomic E-state index is 0.0935. The Balaban J connectivity index is 1.73. The highest BCUT2D eigenvalue weighted by Gasteiger charge is 2.16. The average Bonchev–Trinajstić information content (AvgIpc) is 3.15. The minimum Gasteiger partial charge on any atom is -0.497 e.